The minimum absolute atomic E-state index is 0.0202. The Balaban J connectivity index is 1.44. The fourth-order valence-corrected chi connectivity index (χ4v) is 6.93. The Morgan fingerprint density at radius 1 is 0.868 bits per heavy atom. The Labute approximate surface area is 301 Å². The summed E-state index contributed by atoms with van der Waals surface area (Å²) in [5, 5.41) is 2.29. The van der Waals surface area contributed by atoms with E-state index < -0.39 is 39.9 Å². The highest BCUT2D eigenvalue weighted by Crippen LogP contribution is 2.42. The molecular formula is C39H31F4N3O6S. The molecule has 0 saturated carbocycles. The molecule has 0 aliphatic carbocycles. The number of furan rings is 1. The fraction of sp³-hybridized carbons (Fsp3) is 0.128. The zero-order valence-electron chi connectivity index (χ0n) is 28.1. The lowest BCUT2D eigenvalue weighted by Crippen LogP contribution is -2.38. The van der Waals surface area contributed by atoms with E-state index in [4.69, 9.17) is 14.9 Å². The van der Waals surface area contributed by atoms with Gasteiger partial charge in [-0.1, -0.05) is 42.5 Å². The number of amides is 2. The van der Waals surface area contributed by atoms with Crippen LogP contribution in [-0.2, 0) is 10.0 Å². The minimum Gasteiger partial charge on any atom is -0.457 e. The van der Waals surface area contributed by atoms with E-state index in [1.807, 2.05) is 0 Å². The van der Waals surface area contributed by atoms with E-state index in [9.17, 15) is 35.6 Å². The summed E-state index contributed by atoms with van der Waals surface area (Å²) in [6, 6.07) is 25.1. The predicted molar refractivity (Wildman–Crippen MR) is 193 cm³/mol. The summed E-state index contributed by atoms with van der Waals surface area (Å²) in [6.07, 6.45) is -3.79. The summed E-state index contributed by atoms with van der Waals surface area (Å²) < 4.78 is 94.6. The molecule has 9 nitrogen and oxygen atoms in total. The van der Waals surface area contributed by atoms with Gasteiger partial charge in [0.2, 0.25) is 10.0 Å². The summed E-state index contributed by atoms with van der Waals surface area (Å²) in [7, 11) is -3.90. The van der Waals surface area contributed by atoms with E-state index >= 15 is 0 Å². The van der Waals surface area contributed by atoms with Gasteiger partial charge in [0.25, 0.3) is 11.8 Å². The summed E-state index contributed by atoms with van der Waals surface area (Å²) in [5.41, 5.74) is 6.72. The van der Waals surface area contributed by atoms with Crippen molar-refractivity contribution in [3.05, 3.63) is 138 Å². The van der Waals surface area contributed by atoms with Crippen molar-refractivity contribution in [3.63, 3.8) is 0 Å². The van der Waals surface area contributed by atoms with Crippen LogP contribution < -0.4 is 20.1 Å². The van der Waals surface area contributed by atoms with Gasteiger partial charge in [-0.15, -0.1) is 0 Å². The molecule has 0 bridgehead atoms. The third kappa shape index (κ3) is 7.87. The van der Waals surface area contributed by atoms with Gasteiger partial charge in [0.15, 0.2) is 6.04 Å². The van der Waals surface area contributed by atoms with Gasteiger partial charge in [-0.05, 0) is 84.8 Å². The number of rotatable bonds is 11. The van der Waals surface area contributed by atoms with Crippen molar-refractivity contribution in [2.24, 2.45) is 5.73 Å². The van der Waals surface area contributed by atoms with E-state index in [0.717, 1.165) is 10.6 Å². The first kappa shape index (κ1) is 36.6. The van der Waals surface area contributed by atoms with Crippen molar-refractivity contribution in [1.29, 1.82) is 0 Å². The number of anilines is 1. The maximum absolute atomic E-state index is 14.1. The van der Waals surface area contributed by atoms with Crippen molar-refractivity contribution in [3.8, 4) is 33.9 Å². The van der Waals surface area contributed by atoms with E-state index in [1.165, 1.54) is 78.9 Å². The number of sulfonamides is 1. The van der Waals surface area contributed by atoms with Gasteiger partial charge < -0.3 is 20.2 Å². The third-order valence-electron chi connectivity index (χ3n) is 8.35. The zero-order valence-corrected chi connectivity index (χ0v) is 29.0. The molecule has 0 radical (unpaired) electrons. The topological polar surface area (TPSA) is 132 Å². The summed E-state index contributed by atoms with van der Waals surface area (Å²) in [6.45, 7) is 1.59. The monoisotopic (exact) mass is 745 g/mol. The van der Waals surface area contributed by atoms with Crippen molar-refractivity contribution in [2.75, 3.05) is 17.1 Å². The van der Waals surface area contributed by atoms with Crippen LogP contribution in [0.1, 0.15) is 39.2 Å². The third-order valence-corrected chi connectivity index (χ3v) is 9.60. The summed E-state index contributed by atoms with van der Waals surface area (Å²) in [5.74, 6) is -1.41. The lowest BCUT2D eigenvalue weighted by atomic mass is 9.97. The molecule has 14 heteroatoms. The molecule has 0 spiro atoms. The maximum Gasteiger partial charge on any atom is 0.412 e. The smallest absolute Gasteiger partial charge is 0.412 e. The lowest BCUT2D eigenvalue weighted by Gasteiger charge is -2.24. The molecule has 6 aromatic rings. The van der Waals surface area contributed by atoms with Gasteiger partial charge in [0, 0.05) is 34.7 Å². The van der Waals surface area contributed by atoms with Crippen LogP contribution in [0.5, 0.6) is 11.5 Å². The van der Waals surface area contributed by atoms with Crippen LogP contribution in [0.3, 0.4) is 0 Å². The molecular weight excluding hydrogens is 715 g/mol. The molecule has 6 rings (SSSR count). The van der Waals surface area contributed by atoms with Crippen molar-refractivity contribution >= 4 is 38.5 Å². The number of hydrogen-bond donors (Lipinski definition) is 2. The summed E-state index contributed by atoms with van der Waals surface area (Å²) in [4.78, 5) is 26.3. The van der Waals surface area contributed by atoms with Gasteiger partial charge in [0.05, 0.1) is 17.5 Å². The Bertz CT molecular complexity index is 2420. The fourth-order valence-electron chi connectivity index (χ4n) is 5.96. The summed E-state index contributed by atoms with van der Waals surface area (Å²) >= 11 is 0. The Hall–Kier alpha value is -6.15. The molecule has 1 unspecified atom stereocenters. The molecule has 1 heterocycles. The first-order valence-electron chi connectivity index (χ1n) is 16.1. The van der Waals surface area contributed by atoms with Crippen LogP contribution in [0.4, 0.5) is 23.2 Å². The normalized spacial score (nSPS) is 12.3. The Morgan fingerprint density at radius 2 is 1.51 bits per heavy atom. The van der Waals surface area contributed by atoms with Crippen molar-refractivity contribution in [1.82, 2.24) is 5.32 Å². The average molecular weight is 746 g/mol. The standard InChI is InChI=1S/C39H31F4N3O6S/c1-3-46(53(2,49)50)32-22-33-31(34(37(44)47)35(52-33)23-12-16-28(17-13-23)51-29-18-14-27(40)15-19-29)21-30(32)25-10-7-11-26(20-25)38(48)45-36(39(41,42)43)24-8-5-4-6-9-24/h4-22,36H,3H2,1-2H3,(H2,44,47)(H,45,48). The second kappa shape index (κ2) is 14.5. The molecule has 2 amide bonds. The van der Waals surface area contributed by atoms with Crippen LogP contribution in [-0.4, -0.2) is 39.2 Å². The molecule has 1 atom stereocenters. The quantitative estimate of drug-likeness (QED) is 0.128. The van der Waals surface area contributed by atoms with Crippen LogP contribution >= 0.6 is 0 Å². The van der Waals surface area contributed by atoms with Gasteiger partial charge in [0.1, 0.15) is 28.7 Å². The number of nitrogens with zero attached hydrogens (tertiary/aromatic N) is 1. The van der Waals surface area contributed by atoms with Gasteiger partial charge >= 0.3 is 6.18 Å². The zero-order chi connectivity index (χ0) is 38.1. The molecule has 0 aliphatic heterocycles. The molecule has 5 aromatic carbocycles. The van der Waals surface area contributed by atoms with E-state index in [2.05, 4.69) is 5.32 Å². The lowest BCUT2D eigenvalue weighted by molar-refractivity contribution is -0.155. The number of halogens is 4. The number of nitrogens with one attached hydrogen (secondary N) is 1. The Kier molecular flexibility index (Phi) is 10.00. The minimum atomic E-state index is -4.80. The van der Waals surface area contributed by atoms with E-state index in [-0.39, 0.29) is 56.8 Å². The van der Waals surface area contributed by atoms with Crippen LogP contribution in [0.25, 0.3) is 33.4 Å². The number of carbonyl (C=O) groups is 2. The number of fused-ring (bicyclic) bond motifs is 1. The van der Waals surface area contributed by atoms with E-state index in [0.29, 0.717) is 17.1 Å². The van der Waals surface area contributed by atoms with Gasteiger partial charge in [-0.25, -0.2) is 12.8 Å². The molecule has 1 aromatic heterocycles. The van der Waals surface area contributed by atoms with Crippen molar-refractivity contribution < 1.29 is 44.7 Å². The molecule has 272 valence electrons. The molecule has 53 heavy (non-hydrogen) atoms. The first-order valence-corrected chi connectivity index (χ1v) is 17.9. The highest BCUT2D eigenvalue weighted by molar-refractivity contribution is 7.92. The van der Waals surface area contributed by atoms with Crippen LogP contribution in [0, 0.1) is 5.82 Å². The highest BCUT2D eigenvalue weighted by Gasteiger charge is 2.42. The number of primary amides is 1. The molecule has 0 aliphatic rings. The number of ether oxygens (including phenoxy) is 1. The van der Waals surface area contributed by atoms with Gasteiger partial charge in [-0.3, -0.25) is 13.9 Å². The largest absolute Gasteiger partial charge is 0.457 e. The average Bonchev–Trinajstić information content (AvgIpc) is 3.50. The Morgan fingerprint density at radius 3 is 2.09 bits per heavy atom. The second-order valence-electron chi connectivity index (χ2n) is 12.0. The molecule has 0 saturated heterocycles. The van der Waals surface area contributed by atoms with Crippen molar-refractivity contribution in [2.45, 2.75) is 19.1 Å². The maximum atomic E-state index is 14.1. The van der Waals surface area contributed by atoms with E-state index in [1.54, 1.807) is 43.3 Å². The number of alkyl halides is 3. The predicted octanol–water partition coefficient (Wildman–Crippen LogP) is 8.62. The van der Waals surface area contributed by atoms with Gasteiger partial charge in [-0.2, -0.15) is 13.2 Å². The number of benzene rings is 5. The molecule has 0 fully saturated rings. The SMILES string of the molecule is CCN(c1cc2oc(-c3ccc(Oc4ccc(F)cc4)cc3)c(C(N)=O)c2cc1-c1cccc(C(=O)NC(c2ccccc2)C(F)(F)F)c1)S(C)(=O)=O. The first-order chi connectivity index (χ1) is 25.1. The van der Waals surface area contributed by atoms with Crippen LogP contribution in [0.15, 0.2) is 120 Å². The second-order valence-corrected chi connectivity index (χ2v) is 13.9. The number of nitrogens with two attached hydrogens (primary N) is 1. The number of carbonyl (C=O) groups excluding carboxylic acids is 2. The molecule has 3 N–H and O–H groups in total. The van der Waals surface area contributed by atoms with Crippen LogP contribution in [0.2, 0.25) is 0 Å². The highest BCUT2D eigenvalue weighted by atomic mass is 32.2. The number of hydrogen-bond acceptors (Lipinski definition) is 6.